The average molecular weight is 206 g/mol. The fourth-order valence-electron chi connectivity index (χ4n) is 0.947. The maximum absolute atomic E-state index is 5.49. The molecule has 0 atom stereocenters. The van der Waals surface area contributed by atoms with Crippen LogP contribution in [0.3, 0.4) is 0 Å². The van der Waals surface area contributed by atoms with Gasteiger partial charge in [-0.3, -0.25) is 5.43 Å². The molecule has 15 heavy (non-hydrogen) atoms. The second kappa shape index (κ2) is 4.15. The second-order valence-corrected chi connectivity index (χ2v) is 3.57. The van der Waals surface area contributed by atoms with Gasteiger partial charge in [0.1, 0.15) is 0 Å². The van der Waals surface area contributed by atoms with Gasteiger partial charge in [-0.25, -0.2) is 10.8 Å². The molecule has 1 aromatic heterocycles. The number of nitrogens with zero attached hydrogens (tertiary/aromatic N) is 2. The lowest BCUT2D eigenvalue weighted by molar-refractivity contribution is 0.164. The third kappa shape index (κ3) is 3.11. The van der Waals surface area contributed by atoms with Gasteiger partial charge in [-0.15, -0.1) is 6.42 Å². The summed E-state index contributed by atoms with van der Waals surface area (Å²) in [6.07, 6.45) is 5.30. The van der Waals surface area contributed by atoms with Crippen LogP contribution in [-0.4, -0.2) is 15.6 Å². The fourth-order valence-corrected chi connectivity index (χ4v) is 0.947. The van der Waals surface area contributed by atoms with Crippen LogP contribution in [-0.2, 0) is 0 Å². The lowest BCUT2D eigenvalue weighted by atomic mass is 10.1. The van der Waals surface area contributed by atoms with E-state index in [9.17, 15) is 0 Å². The number of rotatable bonds is 3. The molecular weight excluding hydrogens is 192 g/mol. The van der Waals surface area contributed by atoms with Crippen molar-refractivity contribution in [2.75, 3.05) is 5.43 Å². The zero-order chi connectivity index (χ0) is 11.5. The van der Waals surface area contributed by atoms with Gasteiger partial charge in [0.2, 0.25) is 11.8 Å². The number of aryl methyl sites for hydroxylation is 1. The highest BCUT2D eigenvalue weighted by Gasteiger charge is 2.17. The minimum Gasteiger partial charge on any atom is -0.458 e. The maximum atomic E-state index is 5.49. The summed E-state index contributed by atoms with van der Waals surface area (Å²) in [6.45, 7) is 5.37. The smallest absolute Gasteiger partial charge is 0.240 e. The van der Waals surface area contributed by atoms with E-state index in [0.29, 0.717) is 11.8 Å². The molecule has 1 rings (SSSR count). The minimum absolute atomic E-state index is 0.304. The highest BCUT2D eigenvalue weighted by Crippen LogP contribution is 2.17. The van der Waals surface area contributed by atoms with Crippen molar-refractivity contribution in [1.29, 1.82) is 0 Å². The van der Waals surface area contributed by atoms with Crippen molar-refractivity contribution in [3.8, 4) is 18.2 Å². The van der Waals surface area contributed by atoms with Crippen LogP contribution in [0.4, 0.5) is 5.95 Å². The molecular formula is C10H14N4O. The number of nitrogen functional groups attached to an aromatic ring is 1. The van der Waals surface area contributed by atoms with E-state index in [4.69, 9.17) is 17.0 Å². The van der Waals surface area contributed by atoms with Gasteiger partial charge in [0.15, 0.2) is 5.60 Å². The SMILES string of the molecule is C#CC(C)(C)Oc1cc(C)nc(NN)n1. The molecule has 0 saturated carbocycles. The second-order valence-electron chi connectivity index (χ2n) is 3.57. The Morgan fingerprint density at radius 3 is 2.73 bits per heavy atom. The first kappa shape index (κ1) is 11.3. The molecule has 0 aliphatic carbocycles. The van der Waals surface area contributed by atoms with Crippen molar-refractivity contribution in [2.45, 2.75) is 26.4 Å². The van der Waals surface area contributed by atoms with Gasteiger partial charge in [-0.1, -0.05) is 5.92 Å². The molecule has 0 aliphatic heterocycles. The Hall–Kier alpha value is -1.80. The molecule has 0 spiro atoms. The number of aromatic nitrogens is 2. The Morgan fingerprint density at radius 2 is 2.20 bits per heavy atom. The first-order valence-corrected chi connectivity index (χ1v) is 4.46. The standard InChI is InChI=1S/C10H14N4O/c1-5-10(3,4)15-8-6-7(2)12-9(13-8)14-11/h1,6H,11H2,2-4H3,(H,12,13,14). The van der Waals surface area contributed by atoms with Gasteiger partial charge < -0.3 is 4.74 Å². The lowest BCUT2D eigenvalue weighted by Gasteiger charge is -2.19. The molecule has 0 unspecified atom stereocenters. The minimum atomic E-state index is -0.702. The van der Waals surface area contributed by atoms with Crippen LogP contribution in [0.1, 0.15) is 19.5 Å². The number of hydrogen-bond acceptors (Lipinski definition) is 5. The van der Waals surface area contributed by atoms with Crippen LogP contribution < -0.4 is 16.0 Å². The quantitative estimate of drug-likeness (QED) is 0.436. The Bertz CT molecular complexity index is 395. The highest BCUT2D eigenvalue weighted by molar-refractivity contribution is 5.29. The predicted molar refractivity (Wildman–Crippen MR) is 58.1 cm³/mol. The van der Waals surface area contributed by atoms with E-state index in [-0.39, 0.29) is 0 Å². The zero-order valence-corrected chi connectivity index (χ0v) is 9.03. The summed E-state index contributed by atoms with van der Waals surface area (Å²) in [7, 11) is 0. The molecule has 0 fully saturated rings. The topological polar surface area (TPSA) is 73.1 Å². The normalized spacial score (nSPS) is 10.6. The van der Waals surface area contributed by atoms with E-state index in [2.05, 4.69) is 21.3 Å². The first-order chi connectivity index (χ1) is 6.96. The predicted octanol–water partition coefficient (Wildman–Crippen LogP) is 0.861. The van der Waals surface area contributed by atoms with Crippen molar-refractivity contribution in [3.63, 3.8) is 0 Å². The Balaban J connectivity index is 2.96. The summed E-state index contributed by atoms with van der Waals surface area (Å²) in [5.74, 6) is 8.43. The highest BCUT2D eigenvalue weighted by atomic mass is 16.5. The van der Waals surface area contributed by atoms with E-state index >= 15 is 0 Å². The number of nitrogens with two attached hydrogens (primary N) is 1. The Labute approximate surface area is 89.0 Å². The molecule has 0 bridgehead atoms. The van der Waals surface area contributed by atoms with Crippen LogP contribution in [0.2, 0.25) is 0 Å². The van der Waals surface area contributed by atoms with E-state index < -0.39 is 5.60 Å². The van der Waals surface area contributed by atoms with Gasteiger partial charge in [0.05, 0.1) is 0 Å². The number of ether oxygens (including phenoxy) is 1. The van der Waals surface area contributed by atoms with E-state index in [1.54, 1.807) is 19.9 Å². The van der Waals surface area contributed by atoms with Gasteiger partial charge in [0.25, 0.3) is 0 Å². The molecule has 0 aliphatic rings. The number of terminal acetylenes is 1. The Morgan fingerprint density at radius 1 is 1.53 bits per heavy atom. The molecule has 0 radical (unpaired) electrons. The summed E-state index contributed by atoms with van der Waals surface area (Å²) in [6, 6.07) is 1.69. The van der Waals surface area contributed by atoms with Crippen molar-refractivity contribution >= 4 is 5.95 Å². The third-order valence-corrected chi connectivity index (χ3v) is 1.67. The molecule has 0 amide bonds. The summed E-state index contributed by atoms with van der Waals surface area (Å²) in [4.78, 5) is 8.05. The van der Waals surface area contributed by atoms with Crippen LogP contribution in [0, 0.1) is 19.3 Å². The van der Waals surface area contributed by atoms with Crippen molar-refractivity contribution in [1.82, 2.24) is 9.97 Å². The molecule has 5 heteroatoms. The van der Waals surface area contributed by atoms with Gasteiger partial charge in [0, 0.05) is 11.8 Å². The summed E-state index contributed by atoms with van der Waals surface area (Å²) in [5, 5.41) is 0. The third-order valence-electron chi connectivity index (χ3n) is 1.67. The van der Waals surface area contributed by atoms with Crippen LogP contribution >= 0.6 is 0 Å². The van der Waals surface area contributed by atoms with Crippen LogP contribution in [0.5, 0.6) is 5.88 Å². The number of anilines is 1. The molecule has 3 N–H and O–H groups in total. The van der Waals surface area contributed by atoms with Crippen molar-refractivity contribution in [2.24, 2.45) is 5.84 Å². The molecule has 5 nitrogen and oxygen atoms in total. The largest absolute Gasteiger partial charge is 0.458 e. The van der Waals surface area contributed by atoms with Crippen molar-refractivity contribution in [3.05, 3.63) is 11.8 Å². The molecule has 0 saturated heterocycles. The van der Waals surface area contributed by atoms with Gasteiger partial charge >= 0.3 is 0 Å². The van der Waals surface area contributed by atoms with Crippen LogP contribution in [0.25, 0.3) is 0 Å². The number of nitrogens with one attached hydrogen (secondary N) is 1. The van der Waals surface area contributed by atoms with E-state index in [0.717, 1.165) is 5.69 Å². The molecule has 1 aromatic rings. The van der Waals surface area contributed by atoms with Crippen molar-refractivity contribution < 1.29 is 4.74 Å². The van der Waals surface area contributed by atoms with Gasteiger partial charge in [-0.05, 0) is 20.8 Å². The summed E-state index contributed by atoms with van der Waals surface area (Å²) >= 11 is 0. The Kier molecular flexibility index (Phi) is 3.12. The molecule has 0 aromatic carbocycles. The van der Waals surface area contributed by atoms with Crippen LogP contribution in [0.15, 0.2) is 6.07 Å². The number of hydrazine groups is 1. The summed E-state index contributed by atoms with van der Waals surface area (Å²) < 4.78 is 5.49. The number of hydrogen-bond donors (Lipinski definition) is 2. The zero-order valence-electron chi connectivity index (χ0n) is 9.03. The summed E-state index contributed by atoms with van der Waals surface area (Å²) in [5.41, 5.74) is 2.41. The monoisotopic (exact) mass is 206 g/mol. The lowest BCUT2D eigenvalue weighted by Crippen LogP contribution is -2.26. The molecule has 1 heterocycles. The van der Waals surface area contributed by atoms with E-state index in [1.807, 2.05) is 6.92 Å². The van der Waals surface area contributed by atoms with E-state index in [1.165, 1.54) is 0 Å². The van der Waals surface area contributed by atoms with Gasteiger partial charge in [-0.2, -0.15) is 4.98 Å². The maximum Gasteiger partial charge on any atom is 0.240 e. The fraction of sp³-hybridized carbons (Fsp3) is 0.400. The first-order valence-electron chi connectivity index (χ1n) is 4.46. The average Bonchev–Trinajstić information content (AvgIpc) is 2.16. The molecule has 80 valence electrons.